The number of nitrogens with zero attached hydrogens (tertiary/aromatic N) is 1. The minimum absolute atomic E-state index is 0.0272. The molecule has 0 saturated heterocycles. The monoisotopic (exact) mass is 260 g/mol. The van der Waals surface area contributed by atoms with Crippen LogP contribution in [0.2, 0.25) is 0 Å². The first-order valence-corrected chi connectivity index (χ1v) is 5.91. The fourth-order valence-electron chi connectivity index (χ4n) is 1.88. The molecule has 5 heteroatoms. The van der Waals surface area contributed by atoms with Gasteiger partial charge in [0.1, 0.15) is 0 Å². The molecule has 0 radical (unpaired) electrons. The lowest BCUT2D eigenvalue weighted by Crippen LogP contribution is -2.24. The van der Waals surface area contributed by atoms with E-state index in [1.807, 2.05) is 25.1 Å². The summed E-state index contributed by atoms with van der Waals surface area (Å²) in [5.74, 6) is 0. The first-order chi connectivity index (χ1) is 8.33. The quantitative estimate of drug-likeness (QED) is 0.882. The summed E-state index contributed by atoms with van der Waals surface area (Å²) in [4.78, 5) is 1.63. The third-order valence-electron chi connectivity index (χ3n) is 2.84. The average molecular weight is 260 g/mol. The van der Waals surface area contributed by atoms with Gasteiger partial charge in [0, 0.05) is 19.3 Å². The number of hydrogen-bond acceptors (Lipinski definition) is 2. The van der Waals surface area contributed by atoms with Gasteiger partial charge in [-0.15, -0.1) is 0 Å². The second-order valence-electron chi connectivity index (χ2n) is 4.45. The molecule has 1 aromatic carbocycles. The lowest BCUT2D eigenvalue weighted by Gasteiger charge is -2.22. The standard InChI is InChI=1S/C13H19F3N2/c1-10-9-11(5-7-17)3-4-12(10)18(2)8-6-13(14,15)16/h3-4,9H,5-8,17H2,1-2H3. The molecule has 0 unspecified atom stereocenters. The average Bonchev–Trinajstić information content (AvgIpc) is 2.25. The van der Waals surface area contributed by atoms with Crippen molar-refractivity contribution in [3.05, 3.63) is 29.3 Å². The van der Waals surface area contributed by atoms with E-state index in [9.17, 15) is 13.2 Å². The first-order valence-electron chi connectivity index (χ1n) is 5.91. The van der Waals surface area contributed by atoms with Crippen molar-refractivity contribution in [2.75, 3.05) is 25.0 Å². The molecule has 102 valence electrons. The van der Waals surface area contributed by atoms with E-state index in [0.717, 1.165) is 23.2 Å². The van der Waals surface area contributed by atoms with Crippen molar-refractivity contribution in [2.24, 2.45) is 5.73 Å². The molecule has 1 rings (SSSR count). The summed E-state index contributed by atoms with van der Waals surface area (Å²) in [5.41, 5.74) is 8.39. The summed E-state index contributed by atoms with van der Waals surface area (Å²) >= 11 is 0. The third kappa shape index (κ3) is 4.56. The predicted molar refractivity (Wildman–Crippen MR) is 67.9 cm³/mol. The minimum atomic E-state index is -4.11. The molecule has 0 aromatic heterocycles. The zero-order valence-electron chi connectivity index (χ0n) is 10.7. The van der Waals surface area contributed by atoms with Crippen molar-refractivity contribution >= 4 is 5.69 Å². The number of anilines is 1. The van der Waals surface area contributed by atoms with E-state index in [0.29, 0.717) is 6.54 Å². The van der Waals surface area contributed by atoms with E-state index in [2.05, 4.69) is 0 Å². The lowest BCUT2D eigenvalue weighted by atomic mass is 10.1. The number of benzene rings is 1. The molecule has 0 aliphatic rings. The van der Waals surface area contributed by atoms with Crippen molar-refractivity contribution in [2.45, 2.75) is 25.9 Å². The highest BCUT2D eigenvalue weighted by molar-refractivity contribution is 5.53. The van der Waals surface area contributed by atoms with Crippen molar-refractivity contribution in [1.29, 1.82) is 0 Å². The van der Waals surface area contributed by atoms with Crippen LogP contribution in [-0.2, 0) is 6.42 Å². The molecule has 0 amide bonds. The highest BCUT2D eigenvalue weighted by Gasteiger charge is 2.27. The van der Waals surface area contributed by atoms with Gasteiger partial charge in [0.2, 0.25) is 0 Å². The van der Waals surface area contributed by atoms with E-state index in [1.165, 1.54) is 0 Å². The largest absolute Gasteiger partial charge is 0.390 e. The molecule has 0 fully saturated rings. The van der Waals surface area contributed by atoms with Crippen LogP contribution in [0.25, 0.3) is 0 Å². The number of rotatable bonds is 5. The molecule has 0 aliphatic heterocycles. The van der Waals surface area contributed by atoms with Crippen molar-refractivity contribution in [3.8, 4) is 0 Å². The summed E-state index contributed by atoms with van der Waals surface area (Å²) in [6, 6.07) is 5.75. The number of halogens is 3. The van der Waals surface area contributed by atoms with Gasteiger partial charge in [-0.2, -0.15) is 13.2 Å². The van der Waals surface area contributed by atoms with Gasteiger partial charge in [0.25, 0.3) is 0 Å². The Kier molecular flexibility index (Phi) is 5.02. The summed E-state index contributed by atoms with van der Waals surface area (Å²) in [6.45, 7) is 2.45. The normalized spacial score (nSPS) is 11.7. The van der Waals surface area contributed by atoms with E-state index in [1.54, 1.807) is 11.9 Å². The van der Waals surface area contributed by atoms with Crippen LogP contribution < -0.4 is 10.6 Å². The molecule has 18 heavy (non-hydrogen) atoms. The molecular weight excluding hydrogens is 241 g/mol. The maximum Gasteiger partial charge on any atom is 0.390 e. The summed E-state index contributed by atoms with van der Waals surface area (Å²) in [6.07, 6.45) is -4.12. The lowest BCUT2D eigenvalue weighted by molar-refractivity contribution is -0.132. The molecule has 0 atom stereocenters. The summed E-state index contributed by atoms with van der Waals surface area (Å²) in [5, 5.41) is 0. The van der Waals surface area contributed by atoms with Crippen LogP contribution in [0.15, 0.2) is 18.2 Å². The maximum absolute atomic E-state index is 12.2. The molecule has 2 N–H and O–H groups in total. The number of hydrogen-bond donors (Lipinski definition) is 1. The molecule has 0 spiro atoms. The Bertz CT molecular complexity index is 388. The van der Waals surface area contributed by atoms with Gasteiger partial charge in [0.05, 0.1) is 6.42 Å². The number of alkyl halides is 3. The highest BCUT2D eigenvalue weighted by Crippen LogP contribution is 2.24. The first kappa shape index (κ1) is 14.8. The number of aryl methyl sites for hydroxylation is 1. The Morgan fingerprint density at radius 2 is 1.94 bits per heavy atom. The van der Waals surface area contributed by atoms with Crippen molar-refractivity contribution in [1.82, 2.24) is 0 Å². The van der Waals surface area contributed by atoms with Crippen molar-refractivity contribution in [3.63, 3.8) is 0 Å². The second kappa shape index (κ2) is 6.09. The van der Waals surface area contributed by atoms with Crippen LogP contribution in [0.1, 0.15) is 17.5 Å². The van der Waals surface area contributed by atoms with Gasteiger partial charge >= 0.3 is 6.18 Å². The second-order valence-corrected chi connectivity index (χ2v) is 4.45. The molecule has 0 aliphatic carbocycles. The summed E-state index contributed by atoms with van der Waals surface area (Å²) < 4.78 is 36.5. The molecule has 2 nitrogen and oxygen atoms in total. The zero-order valence-corrected chi connectivity index (χ0v) is 10.7. The highest BCUT2D eigenvalue weighted by atomic mass is 19.4. The zero-order chi connectivity index (χ0) is 13.8. The Labute approximate surface area is 106 Å². The molecular formula is C13H19F3N2. The topological polar surface area (TPSA) is 29.3 Å². The smallest absolute Gasteiger partial charge is 0.374 e. The van der Waals surface area contributed by atoms with E-state index in [4.69, 9.17) is 5.73 Å². The molecule has 1 aromatic rings. The van der Waals surface area contributed by atoms with Gasteiger partial charge in [-0.1, -0.05) is 12.1 Å². The Morgan fingerprint density at radius 1 is 1.28 bits per heavy atom. The van der Waals surface area contributed by atoms with Gasteiger partial charge in [-0.05, 0) is 37.1 Å². The Hall–Kier alpha value is -1.23. The molecule has 0 bridgehead atoms. The van der Waals surface area contributed by atoms with Crippen LogP contribution in [0.3, 0.4) is 0 Å². The Morgan fingerprint density at radius 3 is 2.44 bits per heavy atom. The maximum atomic E-state index is 12.2. The van der Waals surface area contributed by atoms with Crippen LogP contribution in [0, 0.1) is 6.92 Å². The minimum Gasteiger partial charge on any atom is -0.374 e. The number of nitrogens with two attached hydrogens (primary N) is 1. The van der Waals surface area contributed by atoms with E-state index < -0.39 is 12.6 Å². The SMILES string of the molecule is Cc1cc(CCN)ccc1N(C)CCC(F)(F)F. The van der Waals surface area contributed by atoms with E-state index in [-0.39, 0.29) is 6.54 Å². The van der Waals surface area contributed by atoms with Gasteiger partial charge in [-0.25, -0.2) is 0 Å². The van der Waals surface area contributed by atoms with Crippen molar-refractivity contribution < 1.29 is 13.2 Å². The van der Waals surface area contributed by atoms with Gasteiger partial charge < -0.3 is 10.6 Å². The van der Waals surface area contributed by atoms with Crippen LogP contribution >= 0.6 is 0 Å². The predicted octanol–water partition coefficient (Wildman–Crippen LogP) is 2.88. The summed E-state index contributed by atoms with van der Waals surface area (Å²) in [7, 11) is 1.68. The van der Waals surface area contributed by atoms with Crippen LogP contribution in [-0.4, -0.2) is 26.3 Å². The van der Waals surface area contributed by atoms with Crippen LogP contribution in [0.4, 0.5) is 18.9 Å². The fraction of sp³-hybridized carbons (Fsp3) is 0.538. The molecule has 0 saturated carbocycles. The van der Waals surface area contributed by atoms with Gasteiger partial charge in [0.15, 0.2) is 0 Å². The molecule has 0 heterocycles. The Balaban J connectivity index is 2.71. The van der Waals surface area contributed by atoms with E-state index >= 15 is 0 Å². The fourth-order valence-corrected chi connectivity index (χ4v) is 1.88. The van der Waals surface area contributed by atoms with Crippen LogP contribution in [0.5, 0.6) is 0 Å². The third-order valence-corrected chi connectivity index (χ3v) is 2.84. The van der Waals surface area contributed by atoms with Gasteiger partial charge in [-0.3, -0.25) is 0 Å².